The summed E-state index contributed by atoms with van der Waals surface area (Å²) in [6.07, 6.45) is 1.38. The van der Waals surface area contributed by atoms with Crippen LogP contribution in [0, 0.1) is 13.8 Å². The molecule has 9 heteroatoms. The molecule has 0 spiro atoms. The summed E-state index contributed by atoms with van der Waals surface area (Å²) in [5, 5.41) is 8.08. The van der Waals surface area contributed by atoms with Crippen LogP contribution >= 0.6 is 0 Å². The van der Waals surface area contributed by atoms with E-state index in [4.69, 9.17) is 5.73 Å². The Hall–Kier alpha value is -1.87. The summed E-state index contributed by atoms with van der Waals surface area (Å²) in [4.78, 5) is -0.0146. The normalized spacial score (nSPS) is 12.0. The average molecular weight is 298 g/mol. The number of nitrogens with two attached hydrogens (primary N) is 1. The van der Waals surface area contributed by atoms with Crippen molar-refractivity contribution >= 4 is 15.8 Å². The lowest BCUT2D eigenvalue weighted by Gasteiger charge is -2.06. The first-order valence-corrected chi connectivity index (χ1v) is 7.48. The minimum Gasteiger partial charge on any atom is -0.381 e. The van der Waals surface area contributed by atoms with E-state index < -0.39 is 10.0 Å². The van der Waals surface area contributed by atoms with Gasteiger partial charge in [-0.3, -0.25) is 9.36 Å². The van der Waals surface area contributed by atoms with Crippen molar-refractivity contribution in [2.45, 2.75) is 25.3 Å². The Morgan fingerprint density at radius 2 is 1.95 bits per heavy atom. The average Bonchev–Trinajstić information content (AvgIpc) is 2.79. The van der Waals surface area contributed by atoms with Gasteiger partial charge in [0.25, 0.3) is 0 Å². The zero-order chi connectivity index (χ0) is 15.1. The molecule has 2 rings (SSSR count). The van der Waals surface area contributed by atoms with Gasteiger partial charge in [0.1, 0.15) is 4.90 Å². The summed E-state index contributed by atoms with van der Waals surface area (Å²) in [6.45, 7) is 3.90. The molecule has 2 heterocycles. The maximum Gasteiger partial charge on any atom is 0.246 e. The Kier molecular flexibility index (Phi) is 3.57. The van der Waals surface area contributed by atoms with Crippen LogP contribution in [-0.4, -0.2) is 28.0 Å². The van der Waals surface area contributed by atoms with Gasteiger partial charge in [-0.25, -0.2) is 13.1 Å². The molecule has 0 saturated carbocycles. The third-order valence-corrected chi connectivity index (χ3v) is 4.63. The lowest BCUT2D eigenvalue weighted by atomic mass is 10.2. The number of hydrogen-bond acceptors (Lipinski definition) is 5. The Morgan fingerprint density at radius 1 is 1.30 bits per heavy atom. The molecule has 0 unspecified atom stereocenters. The fraction of sp³-hybridized carbons (Fsp3) is 0.455. The maximum atomic E-state index is 12.2. The summed E-state index contributed by atoms with van der Waals surface area (Å²) in [7, 11) is -0.253. The second kappa shape index (κ2) is 4.91. The summed E-state index contributed by atoms with van der Waals surface area (Å²) >= 11 is 0. The molecule has 8 nitrogen and oxygen atoms in total. The number of nitrogens with one attached hydrogen (secondary N) is 1. The van der Waals surface area contributed by atoms with Gasteiger partial charge in [-0.15, -0.1) is 0 Å². The molecule has 0 aliphatic heterocycles. The minimum absolute atomic E-state index is 0.0142. The summed E-state index contributed by atoms with van der Waals surface area (Å²) in [6, 6.07) is 0. The van der Waals surface area contributed by atoms with Gasteiger partial charge in [-0.2, -0.15) is 10.2 Å². The number of aryl methyl sites for hydroxylation is 3. The Bertz CT molecular complexity index is 743. The largest absolute Gasteiger partial charge is 0.381 e. The number of sulfonamides is 1. The molecular formula is C11H18N6O2S. The molecule has 0 atom stereocenters. The fourth-order valence-electron chi connectivity index (χ4n) is 2.01. The quantitative estimate of drug-likeness (QED) is 0.815. The zero-order valence-electron chi connectivity index (χ0n) is 11.9. The highest BCUT2D eigenvalue weighted by atomic mass is 32.2. The van der Waals surface area contributed by atoms with Crippen LogP contribution in [0.1, 0.15) is 17.0 Å². The van der Waals surface area contributed by atoms with Crippen LogP contribution in [-0.2, 0) is 30.7 Å². The Morgan fingerprint density at radius 3 is 2.40 bits per heavy atom. The number of nitrogens with zero attached hydrogens (tertiary/aromatic N) is 4. The van der Waals surface area contributed by atoms with Crippen molar-refractivity contribution in [1.82, 2.24) is 24.3 Å². The van der Waals surface area contributed by atoms with Crippen LogP contribution < -0.4 is 10.5 Å². The fourth-order valence-corrected chi connectivity index (χ4v) is 3.11. The van der Waals surface area contributed by atoms with E-state index in [0.29, 0.717) is 0 Å². The molecule has 0 aliphatic rings. The molecule has 0 fully saturated rings. The molecule has 0 aromatic carbocycles. The first-order chi connectivity index (χ1) is 9.22. The summed E-state index contributed by atoms with van der Waals surface area (Å²) in [5.74, 6) is -0.0142. The SMILES string of the molecule is Cc1nn(C)c(C)c1CNS(=O)(=O)c1cn(C)nc1N. The van der Waals surface area contributed by atoms with Crippen LogP contribution in [0.3, 0.4) is 0 Å². The monoisotopic (exact) mass is 298 g/mol. The lowest BCUT2D eigenvalue weighted by molar-refractivity contribution is 0.581. The topological polar surface area (TPSA) is 108 Å². The number of rotatable bonds is 4. The molecule has 20 heavy (non-hydrogen) atoms. The number of anilines is 1. The standard InChI is InChI=1S/C11H18N6O2S/c1-7-9(8(2)17(4)14-7)5-13-20(18,19)10-6-16(3)15-11(10)12/h6,13H,5H2,1-4H3,(H2,12,15). The van der Waals surface area contributed by atoms with Gasteiger partial charge in [0.05, 0.1) is 5.69 Å². The first kappa shape index (κ1) is 14.5. The van der Waals surface area contributed by atoms with E-state index in [0.717, 1.165) is 17.0 Å². The Balaban J connectivity index is 2.24. The van der Waals surface area contributed by atoms with Crippen molar-refractivity contribution in [3.63, 3.8) is 0 Å². The van der Waals surface area contributed by atoms with Crippen molar-refractivity contribution in [3.05, 3.63) is 23.1 Å². The molecule has 0 saturated heterocycles. The van der Waals surface area contributed by atoms with E-state index in [1.54, 1.807) is 11.7 Å². The molecule has 3 N–H and O–H groups in total. The number of aromatic nitrogens is 4. The van der Waals surface area contributed by atoms with E-state index >= 15 is 0 Å². The van der Waals surface area contributed by atoms with Gasteiger partial charge in [-0.1, -0.05) is 0 Å². The van der Waals surface area contributed by atoms with E-state index in [9.17, 15) is 8.42 Å². The smallest absolute Gasteiger partial charge is 0.246 e. The molecule has 2 aromatic rings. The van der Waals surface area contributed by atoms with Crippen LogP contribution in [0.15, 0.2) is 11.1 Å². The minimum atomic E-state index is -3.69. The highest BCUT2D eigenvalue weighted by Crippen LogP contribution is 2.17. The zero-order valence-corrected chi connectivity index (χ0v) is 12.7. The van der Waals surface area contributed by atoms with Crippen LogP contribution in [0.25, 0.3) is 0 Å². The molecule has 0 amide bonds. The van der Waals surface area contributed by atoms with Crippen molar-refractivity contribution < 1.29 is 8.42 Å². The summed E-state index contributed by atoms with van der Waals surface area (Å²) < 4.78 is 30.0. The van der Waals surface area contributed by atoms with Gasteiger partial charge >= 0.3 is 0 Å². The van der Waals surface area contributed by atoms with Crippen molar-refractivity contribution in [1.29, 1.82) is 0 Å². The number of nitrogen functional groups attached to an aromatic ring is 1. The van der Waals surface area contributed by atoms with Crippen molar-refractivity contribution in [3.8, 4) is 0 Å². The first-order valence-electron chi connectivity index (χ1n) is 6.00. The molecule has 2 aromatic heterocycles. The molecular weight excluding hydrogens is 280 g/mol. The van der Waals surface area contributed by atoms with Gasteiger partial charge < -0.3 is 5.73 Å². The third kappa shape index (κ3) is 2.54. The Labute approximate surface area is 117 Å². The van der Waals surface area contributed by atoms with Gasteiger partial charge in [0, 0.05) is 38.1 Å². The molecule has 0 bridgehead atoms. The van der Waals surface area contributed by atoms with Gasteiger partial charge in [-0.05, 0) is 13.8 Å². The highest BCUT2D eigenvalue weighted by Gasteiger charge is 2.21. The van der Waals surface area contributed by atoms with Crippen LogP contribution in [0.5, 0.6) is 0 Å². The lowest BCUT2D eigenvalue weighted by Crippen LogP contribution is -2.24. The third-order valence-electron chi connectivity index (χ3n) is 3.21. The second-order valence-corrected chi connectivity index (χ2v) is 6.39. The predicted molar refractivity (Wildman–Crippen MR) is 74.3 cm³/mol. The highest BCUT2D eigenvalue weighted by molar-refractivity contribution is 7.89. The molecule has 110 valence electrons. The van der Waals surface area contributed by atoms with E-state index in [1.807, 2.05) is 20.9 Å². The summed E-state index contributed by atoms with van der Waals surface area (Å²) in [5.41, 5.74) is 8.17. The van der Waals surface area contributed by atoms with E-state index in [-0.39, 0.29) is 17.3 Å². The van der Waals surface area contributed by atoms with Crippen LogP contribution in [0.4, 0.5) is 5.82 Å². The van der Waals surface area contributed by atoms with Gasteiger partial charge in [0.15, 0.2) is 5.82 Å². The van der Waals surface area contributed by atoms with E-state index in [1.165, 1.54) is 10.9 Å². The predicted octanol–water partition coefficient (Wildman–Crippen LogP) is -0.169. The van der Waals surface area contributed by atoms with Crippen LogP contribution in [0.2, 0.25) is 0 Å². The molecule has 0 aliphatic carbocycles. The van der Waals surface area contributed by atoms with Crippen molar-refractivity contribution in [2.24, 2.45) is 14.1 Å². The maximum absolute atomic E-state index is 12.2. The van der Waals surface area contributed by atoms with E-state index in [2.05, 4.69) is 14.9 Å². The second-order valence-electron chi connectivity index (χ2n) is 4.65. The van der Waals surface area contributed by atoms with Gasteiger partial charge in [0.2, 0.25) is 10.0 Å². The number of hydrogen-bond donors (Lipinski definition) is 2. The van der Waals surface area contributed by atoms with Crippen molar-refractivity contribution in [2.75, 3.05) is 5.73 Å². The molecule has 0 radical (unpaired) electrons.